The number of nitrogens with one attached hydrogen (secondary N) is 1. The molecule has 0 spiro atoms. The summed E-state index contributed by atoms with van der Waals surface area (Å²) in [6.45, 7) is 5.67. The van der Waals surface area contributed by atoms with E-state index in [1.807, 2.05) is 54.6 Å². The summed E-state index contributed by atoms with van der Waals surface area (Å²) in [5.74, 6) is -0.207. The van der Waals surface area contributed by atoms with Crippen LogP contribution in [-0.2, 0) is 16.1 Å². The second-order valence-electron chi connectivity index (χ2n) is 10.3. The molecule has 7 nitrogen and oxygen atoms in total. The molecule has 0 bridgehead atoms. The number of nitrogens with zero attached hydrogens (tertiary/aromatic N) is 2. The van der Waals surface area contributed by atoms with Crippen molar-refractivity contribution in [1.82, 2.24) is 9.88 Å². The number of rotatable bonds is 10. The molecule has 5 rings (SSSR count). The fraction of sp³-hybridized carbons (Fsp3) is 0.375. The summed E-state index contributed by atoms with van der Waals surface area (Å²) >= 11 is 0. The summed E-state index contributed by atoms with van der Waals surface area (Å²) in [6, 6.07) is 19.6. The maximum Gasteiger partial charge on any atom is 0.257 e. The van der Waals surface area contributed by atoms with Crippen LogP contribution < -0.4 is 5.32 Å². The number of aromatic nitrogens is 1. The molecule has 3 atom stereocenters. The highest BCUT2D eigenvalue weighted by molar-refractivity contribution is 6.03. The van der Waals surface area contributed by atoms with Gasteiger partial charge in [-0.05, 0) is 48.2 Å². The lowest BCUT2D eigenvalue weighted by Crippen LogP contribution is -2.43. The Kier molecular flexibility index (Phi) is 9.16. The topological polar surface area (TPSA) is 83.9 Å². The van der Waals surface area contributed by atoms with Gasteiger partial charge in [0.05, 0.1) is 24.4 Å². The first-order valence-corrected chi connectivity index (χ1v) is 13.8. The van der Waals surface area contributed by atoms with Gasteiger partial charge in [0.15, 0.2) is 6.29 Å². The summed E-state index contributed by atoms with van der Waals surface area (Å²) in [5.41, 5.74) is 4.04. The number of hydrogen-bond acceptors (Lipinski definition) is 6. The molecule has 2 fully saturated rings. The molecule has 1 amide bonds. The van der Waals surface area contributed by atoms with Crippen LogP contribution >= 0.6 is 0 Å². The zero-order chi connectivity index (χ0) is 27.0. The number of hydrogen-bond donors (Lipinski definition) is 2. The van der Waals surface area contributed by atoms with E-state index in [0.717, 1.165) is 36.2 Å². The normalized spacial score (nSPS) is 21.6. The molecule has 204 valence electrons. The van der Waals surface area contributed by atoms with Crippen molar-refractivity contribution >= 4 is 11.6 Å². The highest BCUT2D eigenvalue weighted by atomic mass is 16.7. The minimum Gasteiger partial charge on any atom is -0.392 e. The van der Waals surface area contributed by atoms with Crippen molar-refractivity contribution in [3.63, 3.8) is 0 Å². The Morgan fingerprint density at radius 3 is 2.46 bits per heavy atom. The molecule has 1 aliphatic heterocycles. The molecule has 2 aromatic carbocycles. The summed E-state index contributed by atoms with van der Waals surface area (Å²) < 4.78 is 13.1. The van der Waals surface area contributed by atoms with Gasteiger partial charge < -0.3 is 19.9 Å². The van der Waals surface area contributed by atoms with E-state index in [1.54, 1.807) is 24.5 Å². The first-order valence-electron chi connectivity index (χ1n) is 13.8. The second kappa shape index (κ2) is 13.1. The molecule has 7 heteroatoms. The summed E-state index contributed by atoms with van der Waals surface area (Å²) in [5, 5.41) is 12.4. The van der Waals surface area contributed by atoms with Crippen LogP contribution in [0.15, 0.2) is 85.7 Å². The quantitative estimate of drug-likeness (QED) is 0.324. The molecule has 3 aromatic rings. The summed E-state index contributed by atoms with van der Waals surface area (Å²) in [6.07, 6.45) is 10.2. The van der Waals surface area contributed by atoms with Crippen molar-refractivity contribution in [3.8, 4) is 0 Å². The van der Waals surface area contributed by atoms with Gasteiger partial charge in [-0.25, -0.2) is 0 Å². The Bertz CT molecular complexity index is 1210. The van der Waals surface area contributed by atoms with E-state index in [0.29, 0.717) is 17.3 Å². The van der Waals surface area contributed by atoms with Gasteiger partial charge in [-0.3, -0.25) is 14.7 Å². The van der Waals surface area contributed by atoms with Crippen molar-refractivity contribution in [3.05, 3.63) is 108 Å². The van der Waals surface area contributed by atoms with Crippen LogP contribution in [0, 0.1) is 0 Å². The number of amides is 1. The predicted molar refractivity (Wildman–Crippen MR) is 151 cm³/mol. The first-order chi connectivity index (χ1) is 19.1. The van der Waals surface area contributed by atoms with E-state index in [1.165, 1.54) is 25.7 Å². The molecule has 1 aliphatic carbocycles. The molecular weight excluding hydrogens is 490 g/mol. The third kappa shape index (κ3) is 6.99. The highest BCUT2D eigenvalue weighted by Gasteiger charge is 2.34. The van der Waals surface area contributed by atoms with Crippen LogP contribution in [-0.4, -0.2) is 46.1 Å². The summed E-state index contributed by atoms with van der Waals surface area (Å²) in [4.78, 5) is 19.0. The second-order valence-corrected chi connectivity index (χ2v) is 10.3. The standard InChI is InChI=1S/C32H37N3O4/c1-2-18-35(28-7-3-4-8-28)21-29-19-30(24-11-9-23(22-36)10-12-24)39-32(38-29)25-13-15-27(16-14-25)34-31(37)26-6-5-17-33-20-26/h2,5-6,9-17,20,28-30,32,36H,1,3-4,7-8,18-19,21-22H2,(H,34,37). The predicted octanol–water partition coefficient (Wildman–Crippen LogP) is 5.80. The molecule has 2 N–H and O–H groups in total. The van der Waals surface area contributed by atoms with Crippen LogP contribution in [0.25, 0.3) is 0 Å². The van der Waals surface area contributed by atoms with E-state index in [9.17, 15) is 9.90 Å². The average Bonchev–Trinajstić information content (AvgIpc) is 3.53. The van der Waals surface area contributed by atoms with Crippen LogP contribution in [0.5, 0.6) is 0 Å². The smallest absolute Gasteiger partial charge is 0.257 e. The SMILES string of the molecule is C=CCN(CC1CC(c2ccc(CO)cc2)OC(c2ccc(NC(=O)c3cccnc3)cc2)O1)C1CCCC1. The molecule has 3 unspecified atom stereocenters. The van der Waals surface area contributed by atoms with Crippen molar-refractivity contribution in [2.75, 3.05) is 18.4 Å². The number of carbonyl (C=O) groups excluding carboxylic acids is 1. The van der Waals surface area contributed by atoms with E-state index in [4.69, 9.17) is 9.47 Å². The zero-order valence-corrected chi connectivity index (χ0v) is 22.2. The number of aliphatic hydroxyl groups excluding tert-OH is 1. The van der Waals surface area contributed by atoms with Crippen molar-refractivity contribution in [1.29, 1.82) is 0 Å². The molecular formula is C32H37N3O4. The minimum absolute atomic E-state index is 0.0156. The Balaban J connectivity index is 1.33. The van der Waals surface area contributed by atoms with Crippen molar-refractivity contribution < 1.29 is 19.4 Å². The van der Waals surface area contributed by atoms with Gasteiger partial charge in [0, 0.05) is 49.2 Å². The molecule has 0 radical (unpaired) electrons. The maximum absolute atomic E-state index is 12.5. The molecule has 1 saturated carbocycles. The van der Waals surface area contributed by atoms with Crippen LogP contribution in [0.3, 0.4) is 0 Å². The summed E-state index contributed by atoms with van der Waals surface area (Å²) in [7, 11) is 0. The van der Waals surface area contributed by atoms with Gasteiger partial charge in [-0.2, -0.15) is 0 Å². The molecule has 2 aliphatic rings. The number of pyridine rings is 1. The van der Waals surface area contributed by atoms with Crippen molar-refractivity contribution in [2.24, 2.45) is 0 Å². The van der Waals surface area contributed by atoms with Crippen LogP contribution in [0.4, 0.5) is 5.69 Å². The monoisotopic (exact) mass is 527 g/mol. The lowest BCUT2D eigenvalue weighted by Gasteiger charge is -2.39. The fourth-order valence-corrected chi connectivity index (χ4v) is 5.53. The zero-order valence-electron chi connectivity index (χ0n) is 22.2. The third-order valence-corrected chi connectivity index (χ3v) is 7.62. The molecule has 1 aromatic heterocycles. The lowest BCUT2D eigenvalue weighted by molar-refractivity contribution is -0.253. The number of anilines is 1. The Morgan fingerprint density at radius 1 is 1.05 bits per heavy atom. The molecule has 1 saturated heterocycles. The lowest BCUT2D eigenvalue weighted by atomic mass is 9.99. The van der Waals surface area contributed by atoms with Crippen molar-refractivity contribution in [2.45, 2.75) is 63.3 Å². The highest BCUT2D eigenvalue weighted by Crippen LogP contribution is 2.39. The number of ether oxygens (including phenoxy) is 2. The van der Waals surface area contributed by atoms with Gasteiger partial charge >= 0.3 is 0 Å². The number of aliphatic hydroxyl groups is 1. The van der Waals surface area contributed by atoms with Gasteiger partial charge in [0.25, 0.3) is 5.91 Å². The molecule has 2 heterocycles. The van der Waals surface area contributed by atoms with Crippen LogP contribution in [0.1, 0.15) is 71.5 Å². The fourth-order valence-electron chi connectivity index (χ4n) is 5.53. The van der Waals surface area contributed by atoms with E-state index < -0.39 is 6.29 Å². The van der Waals surface area contributed by atoms with Gasteiger partial charge in [0.2, 0.25) is 0 Å². The van der Waals surface area contributed by atoms with Gasteiger partial charge in [-0.1, -0.05) is 55.3 Å². The number of carbonyl (C=O) groups is 1. The largest absolute Gasteiger partial charge is 0.392 e. The Labute approximate surface area is 230 Å². The van der Waals surface area contributed by atoms with Gasteiger partial charge in [-0.15, -0.1) is 6.58 Å². The van der Waals surface area contributed by atoms with Crippen LogP contribution in [0.2, 0.25) is 0 Å². The minimum atomic E-state index is -0.538. The van der Waals surface area contributed by atoms with E-state index in [-0.39, 0.29) is 24.7 Å². The number of benzene rings is 2. The van der Waals surface area contributed by atoms with E-state index in [2.05, 4.69) is 21.8 Å². The Morgan fingerprint density at radius 2 is 1.79 bits per heavy atom. The van der Waals surface area contributed by atoms with Gasteiger partial charge in [0.1, 0.15) is 0 Å². The van der Waals surface area contributed by atoms with E-state index >= 15 is 0 Å². The average molecular weight is 528 g/mol. The molecule has 39 heavy (non-hydrogen) atoms. The third-order valence-electron chi connectivity index (χ3n) is 7.62. The Hall–Kier alpha value is -3.36. The first kappa shape index (κ1) is 27.2. The maximum atomic E-state index is 12.5.